The molecule has 3 saturated heterocycles. The van der Waals surface area contributed by atoms with Gasteiger partial charge >= 0.3 is 0 Å². The largest absolute Gasteiger partial charge is 0.352 e. The first-order chi connectivity index (χ1) is 13.3. The molecule has 9 atom stereocenters. The lowest BCUT2D eigenvalue weighted by atomic mass is 9.42. The molecule has 5 fully saturated rings. The van der Waals surface area contributed by atoms with E-state index < -0.39 is 5.79 Å². The monoisotopic (exact) mass is 390 g/mol. The Kier molecular flexibility index (Phi) is 4.56. The van der Waals surface area contributed by atoms with Crippen LogP contribution in [0.15, 0.2) is 12.7 Å². The first kappa shape index (κ1) is 19.5. The molecule has 4 heteroatoms. The lowest BCUT2D eigenvalue weighted by Crippen LogP contribution is -2.69. The molecular formula is C24H38O4. The number of fused-ring (bicyclic) bond motifs is 1. The van der Waals surface area contributed by atoms with Crippen LogP contribution in [-0.4, -0.2) is 37.5 Å². The quantitative estimate of drug-likeness (QED) is 0.627. The second kappa shape index (κ2) is 6.54. The molecule has 0 aromatic heterocycles. The highest BCUT2D eigenvalue weighted by Crippen LogP contribution is 2.67. The van der Waals surface area contributed by atoms with Gasteiger partial charge in [0.15, 0.2) is 12.1 Å². The summed E-state index contributed by atoms with van der Waals surface area (Å²) < 4.78 is 25.5. The molecule has 158 valence electrons. The fourth-order valence-electron chi connectivity index (χ4n) is 7.72. The summed E-state index contributed by atoms with van der Waals surface area (Å²) in [4.78, 5) is 0. The van der Waals surface area contributed by atoms with Gasteiger partial charge in [0.25, 0.3) is 0 Å². The van der Waals surface area contributed by atoms with E-state index in [-0.39, 0.29) is 29.3 Å². The van der Waals surface area contributed by atoms with E-state index in [1.807, 2.05) is 0 Å². The molecule has 5 aliphatic rings. The highest BCUT2D eigenvalue weighted by Gasteiger charge is 2.68. The Morgan fingerprint density at radius 1 is 1.04 bits per heavy atom. The Hall–Kier alpha value is -0.420. The minimum absolute atomic E-state index is 0.0265. The molecule has 1 spiro atoms. The van der Waals surface area contributed by atoms with E-state index in [1.54, 1.807) is 0 Å². The van der Waals surface area contributed by atoms with Crippen molar-refractivity contribution in [3.8, 4) is 0 Å². The first-order valence-corrected chi connectivity index (χ1v) is 11.5. The predicted octanol–water partition coefficient (Wildman–Crippen LogP) is 4.92. The van der Waals surface area contributed by atoms with E-state index >= 15 is 0 Å². The summed E-state index contributed by atoms with van der Waals surface area (Å²) >= 11 is 0. The molecule has 2 aliphatic carbocycles. The van der Waals surface area contributed by atoms with E-state index in [9.17, 15) is 0 Å². The zero-order valence-corrected chi connectivity index (χ0v) is 18.1. The van der Waals surface area contributed by atoms with Crippen LogP contribution in [0.3, 0.4) is 0 Å². The van der Waals surface area contributed by atoms with E-state index in [0.717, 1.165) is 32.5 Å². The van der Waals surface area contributed by atoms with Crippen LogP contribution < -0.4 is 0 Å². The van der Waals surface area contributed by atoms with Gasteiger partial charge in [0.05, 0.1) is 25.4 Å². The van der Waals surface area contributed by atoms with Crippen LogP contribution in [0.2, 0.25) is 0 Å². The molecule has 4 nitrogen and oxygen atoms in total. The van der Waals surface area contributed by atoms with E-state index in [2.05, 4.69) is 40.3 Å². The molecule has 2 saturated carbocycles. The van der Waals surface area contributed by atoms with Crippen molar-refractivity contribution in [1.29, 1.82) is 0 Å². The molecule has 3 heterocycles. The van der Waals surface area contributed by atoms with E-state index in [4.69, 9.17) is 18.9 Å². The Morgan fingerprint density at radius 3 is 2.61 bits per heavy atom. The molecule has 0 aromatic carbocycles. The molecule has 5 rings (SSSR count). The van der Waals surface area contributed by atoms with Gasteiger partial charge in [0.1, 0.15) is 0 Å². The smallest absolute Gasteiger partial charge is 0.163 e. The summed E-state index contributed by atoms with van der Waals surface area (Å²) in [6.07, 6.45) is 9.84. The Bertz CT molecular complexity index is 620. The lowest BCUT2D eigenvalue weighted by molar-refractivity contribution is -0.368. The third-order valence-electron chi connectivity index (χ3n) is 9.37. The summed E-state index contributed by atoms with van der Waals surface area (Å²) in [7, 11) is 0. The summed E-state index contributed by atoms with van der Waals surface area (Å²) in [5.41, 5.74) is 0.152. The van der Waals surface area contributed by atoms with Crippen LogP contribution >= 0.6 is 0 Å². The van der Waals surface area contributed by atoms with Gasteiger partial charge in [0, 0.05) is 16.7 Å². The van der Waals surface area contributed by atoms with Crippen LogP contribution in [0.5, 0.6) is 0 Å². The molecule has 0 amide bonds. The van der Waals surface area contributed by atoms with Crippen LogP contribution in [-0.2, 0) is 18.9 Å². The molecular weight excluding hydrogens is 352 g/mol. The second-order valence-corrected chi connectivity index (χ2v) is 10.9. The fourth-order valence-corrected chi connectivity index (χ4v) is 7.72. The Morgan fingerprint density at radius 2 is 1.86 bits per heavy atom. The van der Waals surface area contributed by atoms with Crippen LogP contribution in [0.1, 0.15) is 66.2 Å². The van der Waals surface area contributed by atoms with Gasteiger partial charge in [-0.25, -0.2) is 0 Å². The van der Waals surface area contributed by atoms with Gasteiger partial charge in [-0.2, -0.15) is 0 Å². The third kappa shape index (κ3) is 2.57. The molecule has 3 aliphatic heterocycles. The van der Waals surface area contributed by atoms with Crippen LogP contribution in [0.4, 0.5) is 0 Å². The third-order valence-corrected chi connectivity index (χ3v) is 9.37. The summed E-state index contributed by atoms with van der Waals surface area (Å²) in [5, 5.41) is 0. The average molecular weight is 391 g/mol. The van der Waals surface area contributed by atoms with Crippen molar-refractivity contribution in [1.82, 2.24) is 0 Å². The van der Waals surface area contributed by atoms with Gasteiger partial charge in [0.2, 0.25) is 0 Å². The molecule has 0 bridgehead atoms. The summed E-state index contributed by atoms with van der Waals surface area (Å²) in [6, 6.07) is 0. The molecule has 0 aromatic rings. The average Bonchev–Trinajstić information content (AvgIpc) is 3.25. The maximum Gasteiger partial charge on any atom is 0.163 e. The molecule has 0 unspecified atom stereocenters. The zero-order chi connectivity index (χ0) is 19.7. The Balaban J connectivity index is 1.54. The maximum atomic E-state index is 6.64. The zero-order valence-electron chi connectivity index (χ0n) is 18.1. The standard InChI is InChI=1S/C24H38O4/c1-6-17-8-7-9-18-23(5,19-13-16-10-11-25-21(16)27-19)15(2)12-20-24(17,18)14-26-22(3,4)28-20/h6,15-21H,1,7-14H2,2-5H3/t15-,16-,17+,18-,19+,20+,21+,23+,24+/m1/s1. The maximum absolute atomic E-state index is 6.64. The minimum Gasteiger partial charge on any atom is -0.352 e. The highest BCUT2D eigenvalue weighted by atomic mass is 16.7. The number of hydrogen-bond acceptors (Lipinski definition) is 4. The van der Waals surface area contributed by atoms with Crippen molar-refractivity contribution in [3.63, 3.8) is 0 Å². The van der Waals surface area contributed by atoms with Crippen molar-refractivity contribution >= 4 is 0 Å². The van der Waals surface area contributed by atoms with E-state index in [0.29, 0.717) is 23.7 Å². The molecule has 0 N–H and O–H groups in total. The second-order valence-electron chi connectivity index (χ2n) is 10.9. The van der Waals surface area contributed by atoms with Gasteiger partial charge in [-0.05, 0) is 63.7 Å². The van der Waals surface area contributed by atoms with Gasteiger partial charge < -0.3 is 18.9 Å². The van der Waals surface area contributed by atoms with Crippen molar-refractivity contribution in [2.75, 3.05) is 13.2 Å². The number of hydrogen-bond donors (Lipinski definition) is 0. The lowest BCUT2D eigenvalue weighted by Gasteiger charge is -2.67. The minimum atomic E-state index is -0.494. The van der Waals surface area contributed by atoms with Crippen molar-refractivity contribution in [2.24, 2.45) is 34.5 Å². The SMILES string of the molecule is C=C[C@H]1CCC[C@@H]2[C@@](C)([C@@H]3C[C@H]4CCO[C@H]4O3)[C@H](C)C[C@@H]3OC(C)(C)OC[C@@]321. The van der Waals surface area contributed by atoms with Crippen molar-refractivity contribution in [3.05, 3.63) is 12.7 Å². The Labute approximate surface area is 170 Å². The highest BCUT2D eigenvalue weighted by molar-refractivity contribution is 5.17. The summed E-state index contributed by atoms with van der Waals surface area (Å²) in [5.74, 6) is 1.63. The van der Waals surface area contributed by atoms with Gasteiger partial charge in [-0.3, -0.25) is 0 Å². The van der Waals surface area contributed by atoms with Gasteiger partial charge in [-0.15, -0.1) is 6.58 Å². The van der Waals surface area contributed by atoms with Crippen LogP contribution in [0, 0.1) is 34.5 Å². The summed E-state index contributed by atoms with van der Waals surface area (Å²) in [6.45, 7) is 15.0. The number of ether oxygens (including phenoxy) is 4. The molecule has 0 radical (unpaired) electrons. The van der Waals surface area contributed by atoms with E-state index in [1.165, 1.54) is 19.3 Å². The van der Waals surface area contributed by atoms with Crippen molar-refractivity contribution < 1.29 is 18.9 Å². The predicted molar refractivity (Wildman–Crippen MR) is 108 cm³/mol. The van der Waals surface area contributed by atoms with Crippen LogP contribution in [0.25, 0.3) is 0 Å². The molecule has 28 heavy (non-hydrogen) atoms. The van der Waals surface area contributed by atoms with Crippen molar-refractivity contribution in [2.45, 2.75) is 90.5 Å². The number of allylic oxidation sites excluding steroid dienone is 1. The number of rotatable bonds is 2. The first-order valence-electron chi connectivity index (χ1n) is 11.5. The topological polar surface area (TPSA) is 36.9 Å². The van der Waals surface area contributed by atoms with Gasteiger partial charge in [-0.1, -0.05) is 26.3 Å². The normalized spacial score (nSPS) is 55.2. The fraction of sp³-hybridized carbons (Fsp3) is 0.917.